The second-order valence-corrected chi connectivity index (χ2v) is 10.8. The molecule has 0 spiro atoms. The number of fused-ring (bicyclic) bond motifs is 4. The smallest absolute Gasteiger partial charge is 0.324 e. The molecule has 1 aromatic carbocycles. The van der Waals surface area contributed by atoms with Crippen LogP contribution in [0, 0.1) is 5.92 Å². The van der Waals surface area contributed by atoms with Crippen LogP contribution in [0.25, 0.3) is 0 Å². The van der Waals surface area contributed by atoms with Gasteiger partial charge in [0.1, 0.15) is 5.00 Å². The van der Waals surface area contributed by atoms with E-state index in [9.17, 15) is 9.59 Å². The molecule has 2 aromatic rings. The lowest BCUT2D eigenvalue weighted by Crippen LogP contribution is -2.41. The van der Waals surface area contributed by atoms with Gasteiger partial charge in [0.2, 0.25) is 0 Å². The van der Waals surface area contributed by atoms with E-state index in [1.807, 2.05) is 0 Å². The Morgan fingerprint density at radius 3 is 2.53 bits per heavy atom. The van der Waals surface area contributed by atoms with E-state index in [4.69, 9.17) is 17.3 Å². The van der Waals surface area contributed by atoms with Crippen molar-refractivity contribution in [1.29, 1.82) is 0 Å². The SMILES string of the molecule is NC(=O)c1c(NC(=O)Nc2ccc(Cl)cc2)sc2c1C1CC[C@H](C2)N1CC1CCCCC1. The minimum Gasteiger partial charge on any atom is -0.365 e. The maximum absolute atomic E-state index is 12.6. The van der Waals surface area contributed by atoms with Crippen LogP contribution in [0.2, 0.25) is 5.02 Å². The molecule has 170 valence electrons. The average molecular weight is 473 g/mol. The monoisotopic (exact) mass is 472 g/mol. The Bertz CT molecular complexity index is 1020. The number of primary amides is 1. The third kappa shape index (κ3) is 4.26. The molecule has 8 heteroatoms. The predicted molar refractivity (Wildman–Crippen MR) is 130 cm³/mol. The molecule has 3 heterocycles. The van der Waals surface area contributed by atoms with Crippen LogP contribution in [-0.4, -0.2) is 29.4 Å². The molecule has 1 aromatic heterocycles. The normalized spacial score (nSPS) is 23.0. The van der Waals surface area contributed by atoms with Crippen LogP contribution in [0.4, 0.5) is 15.5 Å². The second kappa shape index (κ2) is 9.04. The van der Waals surface area contributed by atoms with E-state index in [1.165, 1.54) is 48.3 Å². The number of halogens is 1. The maximum atomic E-state index is 12.6. The second-order valence-electron chi connectivity index (χ2n) is 9.25. The quantitative estimate of drug-likeness (QED) is 0.514. The molecule has 1 unspecified atom stereocenters. The van der Waals surface area contributed by atoms with Gasteiger partial charge in [0.25, 0.3) is 5.91 Å². The molecule has 2 atom stereocenters. The summed E-state index contributed by atoms with van der Waals surface area (Å²) in [7, 11) is 0. The highest BCUT2D eigenvalue weighted by molar-refractivity contribution is 7.17. The summed E-state index contributed by atoms with van der Waals surface area (Å²) >= 11 is 7.42. The topological polar surface area (TPSA) is 87.5 Å². The first-order valence-corrected chi connectivity index (χ1v) is 12.7. The zero-order valence-electron chi connectivity index (χ0n) is 18.0. The zero-order chi connectivity index (χ0) is 22.2. The standard InChI is InChI=1S/C24H29ClN4O2S/c25-15-6-8-16(9-7-15)27-24(31)28-23-21(22(26)30)20-18-11-10-17(12-19(20)32-23)29(18)13-14-4-2-1-3-5-14/h6-9,14,17-18H,1-5,10-13H2,(H2,26,30)(H2,27,28,31)/t17-,18?/m1/s1. The van der Waals surface area contributed by atoms with E-state index in [0.717, 1.165) is 37.3 Å². The minimum absolute atomic E-state index is 0.235. The Morgan fingerprint density at radius 1 is 1.06 bits per heavy atom. The summed E-state index contributed by atoms with van der Waals surface area (Å²) in [5.41, 5.74) is 8.04. The molecule has 1 saturated heterocycles. The van der Waals surface area contributed by atoms with Crippen molar-refractivity contribution in [2.75, 3.05) is 17.2 Å². The van der Waals surface area contributed by atoms with Gasteiger partial charge in [0.05, 0.1) is 5.56 Å². The fraction of sp³-hybridized carbons (Fsp3) is 0.500. The highest BCUT2D eigenvalue weighted by Crippen LogP contribution is 2.50. The van der Waals surface area contributed by atoms with Crippen LogP contribution in [-0.2, 0) is 6.42 Å². The van der Waals surface area contributed by atoms with E-state index in [1.54, 1.807) is 24.3 Å². The van der Waals surface area contributed by atoms with Crippen molar-refractivity contribution in [2.24, 2.45) is 11.7 Å². The van der Waals surface area contributed by atoms with E-state index >= 15 is 0 Å². The third-order valence-electron chi connectivity index (χ3n) is 7.19. The van der Waals surface area contributed by atoms with Crippen molar-refractivity contribution in [3.8, 4) is 0 Å². The number of urea groups is 1. The summed E-state index contributed by atoms with van der Waals surface area (Å²) in [6.07, 6.45) is 9.80. The first-order chi connectivity index (χ1) is 15.5. The number of anilines is 2. The third-order valence-corrected chi connectivity index (χ3v) is 8.58. The molecule has 4 N–H and O–H groups in total. The minimum atomic E-state index is -0.466. The Hall–Kier alpha value is -2.09. The van der Waals surface area contributed by atoms with Gasteiger partial charge in [-0.05, 0) is 67.9 Å². The molecule has 0 radical (unpaired) electrons. The lowest BCUT2D eigenvalue weighted by molar-refractivity contribution is 0.0992. The molecule has 3 aliphatic rings. The highest BCUT2D eigenvalue weighted by atomic mass is 35.5. The van der Waals surface area contributed by atoms with Gasteiger partial charge in [-0.1, -0.05) is 30.9 Å². The molecule has 1 aliphatic carbocycles. The number of nitrogens with zero attached hydrogens (tertiary/aromatic N) is 1. The van der Waals surface area contributed by atoms with E-state index in [0.29, 0.717) is 27.3 Å². The molecule has 2 bridgehead atoms. The van der Waals surface area contributed by atoms with Gasteiger partial charge in [-0.15, -0.1) is 11.3 Å². The van der Waals surface area contributed by atoms with Crippen LogP contribution in [0.3, 0.4) is 0 Å². The molecule has 3 amide bonds. The Balaban J connectivity index is 1.37. The number of benzene rings is 1. The largest absolute Gasteiger partial charge is 0.365 e. The lowest BCUT2D eigenvalue weighted by Gasteiger charge is -2.38. The first kappa shape index (κ1) is 21.7. The molecular weight excluding hydrogens is 444 g/mol. The number of nitrogens with one attached hydrogen (secondary N) is 2. The van der Waals surface area contributed by atoms with Gasteiger partial charge in [-0.3, -0.25) is 15.0 Å². The van der Waals surface area contributed by atoms with Crippen molar-refractivity contribution in [1.82, 2.24) is 4.90 Å². The number of carbonyl (C=O) groups is 2. The van der Waals surface area contributed by atoms with Gasteiger partial charge >= 0.3 is 6.03 Å². The predicted octanol–water partition coefficient (Wildman–Crippen LogP) is 5.79. The number of thiophene rings is 1. The number of hydrogen-bond acceptors (Lipinski definition) is 4. The van der Waals surface area contributed by atoms with Gasteiger partial charge < -0.3 is 11.1 Å². The van der Waals surface area contributed by atoms with Gasteiger partial charge in [-0.25, -0.2) is 4.79 Å². The first-order valence-electron chi connectivity index (χ1n) is 11.5. The molecule has 1 saturated carbocycles. The molecular formula is C24H29ClN4O2S. The summed E-state index contributed by atoms with van der Waals surface area (Å²) < 4.78 is 0. The number of carbonyl (C=O) groups excluding carboxylic acids is 2. The number of rotatable bonds is 5. The molecule has 6 nitrogen and oxygen atoms in total. The molecule has 2 aliphatic heterocycles. The van der Waals surface area contributed by atoms with Crippen molar-refractivity contribution in [3.05, 3.63) is 45.3 Å². The van der Waals surface area contributed by atoms with E-state index < -0.39 is 11.9 Å². The molecule has 32 heavy (non-hydrogen) atoms. The number of hydrogen-bond donors (Lipinski definition) is 3. The van der Waals surface area contributed by atoms with Crippen molar-refractivity contribution < 1.29 is 9.59 Å². The Morgan fingerprint density at radius 2 is 1.81 bits per heavy atom. The van der Waals surface area contributed by atoms with Gasteiger partial charge in [0, 0.05) is 34.2 Å². The van der Waals surface area contributed by atoms with Gasteiger partial charge in [0.15, 0.2) is 0 Å². The van der Waals surface area contributed by atoms with Crippen LogP contribution in [0.1, 0.15) is 71.8 Å². The van der Waals surface area contributed by atoms with Crippen LogP contribution >= 0.6 is 22.9 Å². The number of amides is 3. The zero-order valence-corrected chi connectivity index (χ0v) is 19.6. The van der Waals surface area contributed by atoms with Crippen molar-refractivity contribution >= 4 is 45.6 Å². The summed E-state index contributed by atoms with van der Waals surface area (Å²) in [6, 6.07) is 7.28. The van der Waals surface area contributed by atoms with Crippen LogP contribution in [0.5, 0.6) is 0 Å². The Labute approximate surface area is 197 Å². The summed E-state index contributed by atoms with van der Waals surface area (Å²) in [5.74, 6) is 0.291. The summed E-state index contributed by atoms with van der Waals surface area (Å²) in [4.78, 5) is 29.0. The maximum Gasteiger partial charge on any atom is 0.324 e. The van der Waals surface area contributed by atoms with Crippen molar-refractivity contribution in [3.63, 3.8) is 0 Å². The van der Waals surface area contributed by atoms with Crippen LogP contribution < -0.4 is 16.4 Å². The van der Waals surface area contributed by atoms with E-state index in [-0.39, 0.29) is 6.04 Å². The van der Waals surface area contributed by atoms with E-state index in [2.05, 4.69) is 15.5 Å². The number of nitrogens with two attached hydrogens (primary N) is 1. The van der Waals surface area contributed by atoms with Gasteiger partial charge in [-0.2, -0.15) is 0 Å². The van der Waals surface area contributed by atoms with Crippen LogP contribution in [0.15, 0.2) is 24.3 Å². The molecule has 5 rings (SSSR count). The Kier molecular flexibility index (Phi) is 6.14. The summed E-state index contributed by atoms with van der Waals surface area (Å²) in [5, 5.41) is 6.84. The van der Waals surface area contributed by atoms with Crippen molar-refractivity contribution in [2.45, 2.75) is 63.5 Å². The average Bonchev–Trinajstić information content (AvgIpc) is 3.26. The fourth-order valence-electron chi connectivity index (χ4n) is 5.75. The summed E-state index contributed by atoms with van der Waals surface area (Å²) in [6.45, 7) is 1.11. The molecule has 2 fully saturated rings. The highest BCUT2D eigenvalue weighted by Gasteiger charge is 2.44. The fourth-order valence-corrected chi connectivity index (χ4v) is 7.20. The lowest BCUT2D eigenvalue weighted by atomic mass is 9.87.